The second-order valence-corrected chi connectivity index (χ2v) is 30.8. The van der Waals surface area contributed by atoms with Gasteiger partial charge >= 0.3 is 0 Å². The number of rotatable bonds is 10. The normalized spacial score (nSPS) is 39.9. The zero-order valence-corrected chi connectivity index (χ0v) is 46.9. The van der Waals surface area contributed by atoms with Crippen molar-refractivity contribution in [3.8, 4) is 0 Å². The summed E-state index contributed by atoms with van der Waals surface area (Å²) in [5, 5.41) is 36.6. The fourth-order valence-electron chi connectivity index (χ4n) is 13.7. The van der Waals surface area contributed by atoms with E-state index in [-0.39, 0.29) is 76.0 Å². The predicted octanol–water partition coefficient (Wildman–Crippen LogP) is 12.5. The molecule has 0 amide bonds. The Morgan fingerprint density at radius 3 is 0.877 bits per heavy atom. The molecule has 6 N–H and O–H groups in total. The molecule has 4 rings (SSSR count). The first-order chi connectivity index (χ1) is 24.2. The van der Waals surface area contributed by atoms with Crippen molar-refractivity contribution in [3.63, 3.8) is 0 Å². The average Bonchev–Trinajstić information content (AvgIpc) is 3.43. The van der Waals surface area contributed by atoms with Gasteiger partial charge in [-0.25, -0.2) is 0 Å². The molecule has 0 saturated heterocycles. The summed E-state index contributed by atoms with van der Waals surface area (Å²) in [6.07, 6.45) is 12.6. The van der Waals surface area contributed by atoms with Crippen LogP contribution in [0.1, 0.15) is 147 Å². The van der Waals surface area contributed by atoms with Crippen LogP contribution >= 0.6 is 0 Å². The summed E-state index contributed by atoms with van der Waals surface area (Å²) < 4.78 is 0. The largest absolute Gasteiger partial charge is 0.412 e. The van der Waals surface area contributed by atoms with Gasteiger partial charge in [-0.1, -0.05) is 135 Å². The first-order valence-electron chi connectivity index (χ1n) is 22.5. The van der Waals surface area contributed by atoms with Crippen molar-refractivity contribution in [2.24, 2.45) is 71.0 Å². The molecular weight excluding hydrogens is 808 g/mol. The third-order valence-corrected chi connectivity index (χ3v) is 27.8. The van der Waals surface area contributed by atoms with Crippen LogP contribution in [0.25, 0.3) is 0 Å². The maximum atomic E-state index is 11.3. The zero-order chi connectivity index (χ0) is 40.5. The van der Waals surface area contributed by atoms with Crippen molar-refractivity contribution in [2.75, 3.05) is 14.2 Å². The number of hydrogen-bond acceptors (Lipinski definition) is 4. The van der Waals surface area contributed by atoms with Crippen molar-refractivity contribution >= 4 is 16.1 Å². The monoisotopic (exact) mass is 913 g/mol. The molecule has 4 saturated carbocycles. The second-order valence-electron chi connectivity index (χ2n) is 20.7. The predicted molar refractivity (Wildman–Crippen MR) is 251 cm³/mol. The van der Waals surface area contributed by atoms with Crippen LogP contribution in [0.2, 0.25) is 48.4 Å². The molecule has 9 heteroatoms. The van der Waals surface area contributed by atoms with Crippen molar-refractivity contribution in [2.45, 2.75) is 208 Å². The number of hydrogen-bond donors (Lipinski definition) is 4. The van der Waals surface area contributed by atoms with Crippen LogP contribution in [-0.2, 0) is 43.4 Å². The molecule has 0 aromatic carbocycles. The molecule has 0 aromatic rings. The number of aliphatic hydroxyl groups is 4. The molecule has 0 aliphatic heterocycles. The molecule has 0 aromatic heterocycles. The van der Waals surface area contributed by atoms with Gasteiger partial charge in [-0.15, -0.1) is 0 Å². The van der Waals surface area contributed by atoms with Gasteiger partial charge in [0.25, 0.3) is 0 Å². The van der Waals surface area contributed by atoms with Crippen molar-refractivity contribution in [1.82, 2.24) is 0 Å². The Bertz CT molecular complexity index is 886. The third kappa shape index (κ3) is 16.0. The Morgan fingerprint density at radius 1 is 0.439 bits per heavy atom. The van der Waals surface area contributed by atoms with Crippen molar-refractivity contribution < 1.29 is 69.3 Å². The molecule has 4 fully saturated rings. The van der Waals surface area contributed by atoms with E-state index >= 15 is 0 Å². The molecule has 4 aliphatic rings. The summed E-state index contributed by atoms with van der Waals surface area (Å²) in [4.78, 5) is 0. The zero-order valence-electron chi connectivity index (χ0n) is 41.8. The Balaban J connectivity index is -0.000000269. The molecule has 57 heavy (non-hydrogen) atoms. The van der Waals surface area contributed by atoms with Crippen molar-refractivity contribution in [3.05, 3.63) is 14.9 Å². The van der Waals surface area contributed by atoms with E-state index in [0.29, 0.717) is 22.9 Å². The van der Waals surface area contributed by atoms with E-state index in [1.54, 1.807) is 0 Å². The SMILES string of the molecule is CCCCC1CC(C)CC([Si](C)(C)C2C(C)C(C)C(C)C2C)C1O.CCCCC1CC(C)CC([Si](C)(C)C2C(C)C(C)C(C)C2C)C1O.CO.CO.O.[CH3-].[CH3-].[Ti].[Ti]. The van der Waals surface area contributed by atoms with Gasteiger partial charge < -0.3 is 40.8 Å². The Kier molecular flexibility index (Phi) is 36.5. The van der Waals surface area contributed by atoms with E-state index in [1.165, 1.54) is 64.2 Å². The van der Waals surface area contributed by atoms with E-state index in [2.05, 4.69) is 109 Å². The van der Waals surface area contributed by atoms with Crippen molar-refractivity contribution in [1.29, 1.82) is 0 Å². The Hall–Kier alpha value is 1.66. The molecule has 4 aliphatic carbocycles. The van der Waals surface area contributed by atoms with Gasteiger partial charge in [0, 0.05) is 57.7 Å². The van der Waals surface area contributed by atoms with Gasteiger partial charge in [-0.2, -0.15) is 0 Å². The fraction of sp³-hybridized carbons (Fsp3) is 0.958. The third-order valence-electron chi connectivity index (χ3n) is 17.2. The quantitative estimate of drug-likeness (QED) is 0.129. The summed E-state index contributed by atoms with van der Waals surface area (Å²) in [7, 11) is -1.03. The van der Waals surface area contributed by atoms with Crippen LogP contribution in [0, 0.1) is 85.9 Å². The van der Waals surface area contributed by atoms with E-state index in [0.717, 1.165) is 84.5 Å². The molecule has 5 nitrogen and oxygen atoms in total. The second kappa shape index (κ2) is 30.7. The van der Waals surface area contributed by atoms with Gasteiger partial charge in [0.1, 0.15) is 0 Å². The van der Waals surface area contributed by atoms with Crippen LogP contribution in [0.4, 0.5) is 0 Å². The van der Waals surface area contributed by atoms with E-state index < -0.39 is 16.1 Å². The maximum Gasteiger partial charge on any atom is 0.0573 e. The van der Waals surface area contributed by atoms with Gasteiger partial charge in [0.05, 0.1) is 28.4 Å². The van der Waals surface area contributed by atoms with Crippen LogP contribution < -0.4 is 0 Å². The topological polar surface area (TPSA) is 112 Å². The molecule has 16 atom stereocenters. The molecule has 344 valence electrons. The van der Waals surface area contributed by atoms with Gasteiger partial charge in [0.15, 0.2) is 0 Å². The molecule has 0 radical (unpaired) electrons. The number of unbranched alkanes of at least 4 members (excludes halogenated alkanes) is 2. The summed E-state index contributed by atoms with van der Waals surface area (Å²) in [6.45, 7) is 39.9. The van der Waals surface area contributed by atoms with Gasteiger partial charge in [-0.05, 0) is 132 Å². The van der Waals surface area contributed by atoms with E-state index in [1.807, 2.05) is 0 Å². The van der Waals surface area contributed by atoms with Crippen LogP contribution in [0.15, 0.2) is 0 Å². The summed E-state index contributed by atoms with van der Waals surface area (Å²) in [5.74, 6) is 9.39. The maximum absolute atomic E-state index is 11.3. The first-order valence-corrected chi connectivity index (χ1v) is 28.8. The molecular formula is C48H104O5Si2Ti2-2. The average molecular weight is 913 g/mol. The summed E-state index contributed by atoms with van der Waals surface area (Å²) >= 11 is 0. The standard InChI is InChI=1S/2C22H44OSi.2CH4O.2CH3.H2O.2Ti/c2*1-9-10-11-19-12-14(2)13-20(21(19)23)24(7,8)22-17(5)15(3)16(4)18(22)6;2*1-2;;;;;/h2*14-23H,9-13H2,1-8H3;2*2H,1H3;2*1H3;1H2;;/q;;;;2*-1;;;. The van der Waals surface area contributed by atoms with Crippen LogP contribution in [-0.4, -0.2) is 68.5 Å². The van der Waals surface area contributed by atoms with Crippen LogP contribution in [0.3, 0.4) is 0 Å². The molecule has 0 spiro atoms. The fourth-order valence-corrected chi connectivity index (χ4v) is 25.6. The Labute approximate surface area is 390 Å². The molecule has 0 heterocycles. The van der Waals surface area contributed by atoms with Crippen LogP contribution in [0.5, 0.6) is 0 Å². The summed E-state index contributed by atoms with van der Waals surface area (Å²) in [6, 6.07) is 0. The van der Waals surface area contributed by atoms with E-state index in [4.69, 9.17) is 10.2 Å². The molecule has 0 bridgehead atoms. The smallest absolute Gasteiger partial charge is 0.0573 e. The van der Waals surface area contributed by atoms with E-state index in [9.17, 15) is 10.2 Å². The minimum atomic E-state index is -1.52. The van der Waals surface area contributed by atoms with Gasteiger partial charge in [-0.3, -0.25) is 0 Å². The first kappa shape index (κ1) is 67.7. The Morgan fingerprint density at radius 2 is 0.667 bits per heavy atom. The summed E-state index contributed by atoms with van der Waals surface area (Å²) in [5.41, 5.74) is 2.96. The number of aliphatic hydroxyl groups excluding tert-OH is 4. The molecule has 16 unspecified atom stereocenters. The van der Waals surface area contributed by atoms with Gasteiger partial charge in [0.2, 0.25) is 0 Å². The minimum Gasteiger partial charge on any atom is -0.412 e. The minimum absolute atomic E-state index is 0.